The molecular formula is C22H17ClF5N5O2. The van der Waals surface area contributed by atoms with Crippen molar-refractivity contribution >= 4 is 28.8 Å². The van der Waals surface area contributed by atoms with Crippen LogP contribution in [-0.2, 0) is 6.18 Å². The normalized spacial score (nSPS) is 18.4. The van der Waals surface area contributed by atoms with E-state index in [1.807, 2.05) is 0 Å². The average molecular weight is 514 g/mol. The summed E-state index contributed by atoms with van der Waals surface area (Å²) < 4.78 is 77.5. The maximum Gasteiger partial charge on any atom is 0.434 e. The molecule has 2 aromatic heterocycles. The summed E-state index contributed by atoms with van der Waals surface area (Å²) >= 11 is 6.22. The van der Waals surface area contributed by atoms with Gasteiger partial charge in [0.05, 0.1) is 23.0 Å². The number of allylic oxidation sites excluding steroid dienone is 10. The number of nitrogens with one attached hydrogen (secondary N) is 2. The Hall–Kier alpha value is -3.51. The number of hydrogen-bond acceptors (Lipinski definition) is 5. The van der Waals surface area contributed by atoms with Gasteiger partial charge in [0.2, 0.25) is 0 Å². The molecule has 0 aromatic carbocycles. The molecule has 4 rings (SSSR count). The van der Waals surface area contributed by atoms with Crippen molar-refractivity contribution in [3.8, 4) is 11.3 Å². The van der Waals surface area contributed by atoms with E-state index in [0.717, 1.165) is 12.3 Å². The molecule has 2 aromatic rings. The van der Waals surface area contributed by atoms with Crippen molar-refractivity contribution in [3.63, 3.8) is 0 Å². The minimum Gasteiger partial charge on any atom is -0.355 e. The summed E-state index contributed by atoms with van der Waals surface area (Å²) in [5.74, 6) is -2.48. The molecule has 2 N–H and O–H groups in total. The van der Waals surface area contributed by atoms with Gasteiger partial charge in [0.1, 0.15) is 23.3 Å². The fourth-order valence-electron chi connectivity index (χ4n) is 3.69. The minimum atomic E-state index is -5.04. The lowest BCUT2D eigenvalue weighted by molar-refractivity contribution is -0.142. The number of halogens is 6. The Labute approximate surface area is 200 Å². The quantitative estimate of drug-likeness (QED) is 0.417. The summed E-state index contributed by atoms with van der Waals surface area (Å²) in [6.07, 6.45) is 2.02. The Morgan fingerprint density at radius 2 is 2.00 bits per heavy atom. The van der Waals surface area contributed by atoms with Crippen molar-refractivity contribution in [1.82, 2.24) is 25.8 Å². The highest BCUT2D eigenvalue weighted by atomic mass is 35.5. The van der Waals surface area contributed by atoms with Crippen LogP contribution in [-0.4, -0.2) is 34.1 Å². The van der Waals surface area contributed by atoms with Gasteiger partial charge in [-0.05, 0) is 12.2 Å². The summed E-state index contributed by atoms with van der Waals surface area (Å²) in [5, 5.41) is 7.39. The Kier molecular flexibility index (Phi) is 6.77. The largest absolute Gasteiger partial charge is 0.434 e. The van der Waals surface area contributed by atoms with E-state index in [-0.39, 0.29) is 29.1 Å². The zero-order valence-electron chi connectivity index (χ0n) is 18.0. The zero-order chi connectivity index (χ0) is 25.3. The number of aromatic nitrogens is 3. The first kappa shape index (κ1) is 24.6. The van der Waals surface area contributed by atoms with Crippen LogP contribution < -0.4 is 10.9 Å². The molecule has 2 aliphatic carbocycles. The molecule has 13 heteroatoms. The Bertz CT molecular complexity index is 1320. The second-order valence-corrected chi connectivity index (χ2v) is 7.86. The highest BCUT2D eigenvalue weighted by Crippen LogP contribution is 2.43. The lowest BCUT2D eigenvalue weighted by Gasteiger charge is -2.18. The Balaban J connectivity index is 1.97. The number of rotatable bonds is 5. The van der Waals surface area contributed by atoms with Crippen LogP contribution in [0.1, 0.15) is 34.6 Å². The summed E-state index contributed by atoms with van der Waals surface area (Å²) in [5.41, 5.74) is 0.928. The molecule has 1 atom stereocenters. The van der Waals surface area contributed by atoms with Gasteiger partial charge in [-0.3, -0.25) is 10.2 Å². The minimum absolute atomic E-state index is 0.0444. The van der Waals surface area contributed by atoms with Gasteiger partial charge in [-0.2, -0.15) is 18.3 Å². The average Bonchev–Trinajstić information content (AvgIpc) is 3.38. The van der Waals surface area contributed by atoms with Gasteiger partial charge < -0.3 is 4.52 Å². The van der Waals surface area contributed by atoms with E-state index in [2.05, 4.69) is 21.1 Å². The number of hydrazine groups is 1. The predicted molar refractivity (Wildman–Crippen MR) is 118 cm³/mol. The van der Waals surface area contributed by atoms with Crippen LogP contribution in [0, 0.1) is 0 Å². The standard InChI is InChI=1S/C22H17ClF5N5O2/c1-29-31-21(34)17-18(16-12(23)6-2-3-8-14(16)25)32-35-19(17)11-10-30-33(20(11)22(26,27)28)15-9-5-4-7-13(15)24/h2-5,8-10,13,29H,6-7H2,1H3,(H,31,34). The molecule has 1 unspecified atom stereocenters. The van der Waals surface area contributed by atoms with Crippen LogP contribution in [0.15, 0.2) is 58.0 Å². The molecule has 0 saturated heterocycles. The number of hydrogen-bond donors (Lipinski definition) is 2. The maximum absolute atomic E-state index is 14.8. The van der Waals surface area contributed by atoms with Crippen LogP contribution in [0.5, 0.6) is 0 Å². The number of alkyl halides is 4. The van der Waals surface area contributed by atoms with Crippen molar-refractivity contribution in [3.05, 3.63) is 70.5 Å². The number of carbonyl (C=O) groups excluding carboxylic acids is 1. The fourth-order valence-corrected chi connectivity index (χ4v) is 3.96. The van der Waals surface area contributed by atoms with E-state index in [0.29, 0.717) is 4.68 Å². The zero-order valence-corrected chi connectivity index (χ0v) is 18.7. The summed E-state index contributed by atoms with van der Waals surface area (Å²) in [4.78, 5) is 12.9. The second kappa shape index (κ2) is 9.62. The van der Waals surface area contributed by atoms with Crippen molar-refractivity contribution < 1.29 is 31.3 Å². The van der Waals surface area contributed by atoms with Crippen LogP contribution in [0.2, 0.25) is 0 Å². The van der Waals surface area contributed by atoms with Gasteiger partial charge in [-0.25, -0.2) is 18.9 Å². The third-order valence-electron chi connectivity index (χ3n) is 5.17. The van der Waals surface area contributed by atoms with Gasteiger partial charge >= 0.3 is 6.18 Å². The van der Waals surface area contributed by atoms with Crippen molar-refractivity contribution in [2.24, 2.45) is 0 Å². The first-order valence-corrected chi connectivity index (χ1v) is 10.6. The van der Waals surface area contributed by atoms with Gasteiger partial charge in [-0.1, -0.05) is 41.1 Å². The molecule has 0 aliphatic heterocycles. The molecule has 7 nitrogen and oxygen atoms in total. The van der Waals surface area contributed by atoms with Crippen LogP contribution in [0.3, 0.4) is 0 Å². The highest BCUT2D eigenvalue weighted by Gasteiger charge is 2.43. The topological polar surface area (TPSA) is 85.0 Å². The third kappa shape index (κ3) is 4.58. The molecule has 0 bridgehead atoms. The molecule has 184 valence electrons. The molecule has 0 radical (unpaired) electrons. The van der Waals surface area contributed by atoms with Crippen molar-refractivity contribution in [1.29, 1.82) is 0 Å². The third-order valence-corrected chi connectivity index (χ3v) is 5.52. The van der Waals surface area contributed by atoms with E-state index in [1.54, 1.807) is 6.08 Å². The van der Waals surface area contributed by atoms with E-state index in [4.69, 9.17) is 16.1 Å². The van der Waals surface area contributed by atoms with Crippen molar-refractivity contribution in [2.45, 2.75) is 25.2 Å². The highest BCUT2D eigenvalue weighted by molar-refractivity contribution is 6.33. The van der Waals surface area contributed by atoms with E-state index >= 15 is 0 Å². The van der Waals surface area contributed by atoms with Gasteiger partial charge in [0.15, 0.2) is 11.5 Å². The van der Waals surface area contributed by atoms with Crippen molar-refractivity contribution in [2.75, 3.05) is 7.05 Å². The Morgan fingerprint density at radius 1 is 1.26 bits per heavy atom. The fraction of sp³-hybridized carbons (Fsp3) is 0.227. The van der Waals surface area contributed by atoms with E-state index in [1.165, 1.54) is 31.4 Å². The smallest absolute Gasteiger partial charge is 0.355 e. The van der Waals surface area contributed by atoms with E-state index < -0.39 is 52.4 Å². The number of nitrogens with zero attached hydrogens (tertiary/aromatic N) is 3. The first-order valence-electron chi connectivity index (χ1n) is 10.2. The van der Waals surface area contributed by atoms with Gasteiger partial charge in [0.25, 0.3) is 5.91 Å². The molecule has 0 spiro atoms. The van der Waals surface area contributed by atoms with Crippen LogP contribution in [0.4, 0.5) is 22.0 Å². The summed E-state index contributed by atoms with van der Waals surface area (Å²) in [6.45, 7) is 0. The second-order valence-electron chi connectivity index (χ2n) is 7.41. The van der Waals surface area contributed by atoms with Crippen LogP contribution in [0.25, 0.3) is 22.6 Å². The molecule has 2 aliphatic rings. The maximum atomic E-state index is 14.8. The molecule has 0 saturated carbocycles. The first-order chi connectivity index (χ1) is 16.6. The van der Waals surface area contributed by atoms with E-state index in [9.17, 15) is 26.7 Å². The van der Waals surface area contributed by atoms with Gasteiger partial charge in [-0.15, -0.1) is 0 Å². The summed E-state index contributed by atoms with van der Waals surface area (Å²) in [7, 11) is 1.34. The lowest BCUT2D eigenvalue weighted by Crippen LogP contribution is -2.34. The molecule has 35 heavy (non-hydrogen) atoms. The lowest BCUT2D eigenvalue weighted by atomic mass is 10.00. The predicted octanol–water partition coefficient (Wildman–Crippen LogP) is 5.32. The SMILES string of the molecule is CNNC(=O)c1c(C2=C(Cl)CC=CC=C2F)noc1-c1cnn(C2=CC=CCC2F)c1C(F)(F)F. The Morgan fingerprint density at radius 3 is 2.69 bits per heavy atom. The number of amides is 1. The molecular weight excluding hydrogens is 497 g/mol. The molecule has 0 fully saturated rings. The van der Waals surface area contributed by atoms with Crippen LogP contribution >= 0.6 is 11.6 Å². The number of carbonyl (C=O) groups is 1. The molecule has 1 amide bonds. The monoisotopic (exact) mass is 513 g/mol. The summed E-state index contributed by atoms with van der Waals surface area (Å²) in [6, 6.07) is 0. The molecule has 2 heterocycles. The van der Waals surface area contributed by atoms with Gasteiger partial charge in [0, 0.05) is 24.9 Å².